The van der Waals surface area contributed by atoms with E-state index in [0.29, 0.717) is 5.92 Å². The maximum atomic E-state index is 4.63. The Bertz CT molecular complexity index is 257. The van der Waals surface area contributed by atoms with Gasteiger partial charge in [0, 0.05) is 17.3 Å². The highest BCUT2D eigenvalue weighted by Crippen LogP contribution is 2.39. The van der Waals surface area contributed by atoms with E-state index in [9.17, 15) is 0 Å². The fourth-order valence-electron chi connectivity index (χ4n) is 1.40. The van der Waals surface area contributed by atoms with Gasteiger partial charge in [0.15, 0.2) is 0 Å². The van der Waals surface area contributed by atoms with Crippen molar-refractivity contribution in [2.75, 3.05) is 0 Å². The number of aromatic nitrogens is 1. The zero-order valence-electron chi connectivity index (χ0n) is 7.75. The van der Waals surface area contributed by atoms with Crippen LogP contribution in [0, 0.1) is 0 Å². The summed E-state index contributed by atoms with van der Waals surface area (Å²) in [6, 6.07) is 6.41. The van der Waals surface area contributed by atoms with Crippen LogP contribution < -0.4 is 0 Å². The molecule has 0 radical (unpaired) electrons. The Balaban J connectivity index is 2.26. The number of nitrogens with zero attached hydrogens (tertiary/aromatic N) is 1. The summed E-state index contributed by atoms with van der Waals surface area (Å²) in [6.45, 7) is 4.39. The van der Waals surface area contributed by atoms with Crippen LogP contribution in [-0.4, -0.2) is 4.98 Å². The van der Waals surface area contributed by atoms with Crippen molar-refractivity contribution in [2.24, 2.45) is 0 Å². The van der Waals surface area contributed by atoms with Gasteiger partial charge in [-0.25, -0.2) is 0 Å². The molecule has 1 aromatic rings. The van der Waals surface area contributed by atoms with Crippen LogP contribution in [0.4, 0.5) is 0 Å². The van der Waals surface area contributed by atoms with E-state index in [1.807, 2.05) is 0 Å². The third-order valence-electron chi connectivity index (χ3n) is 2.38. The molecule has 64 valence electrons. The Labute approximate surface area is 73.8 Å². The SMILES string of the molecule is CC(C)c1cccc(C2CC2)n1. The summed E-state index contributed by atoms with van der Waals surface area (Å²) < 4.78 is 0. The molecule has 1 heterocycles. The molecule has 0 amide bonds. The van der Waals surface area contributed by atoms with Crippen LogP contribution in [0.2, 0.25) is 0 Å². The maximum absolute atomic E-state index is 4.63. The molecular formula is C11H15N. The summed E-state index contributed by atoms with van der Waals surface area (Å²) in [6.07, 6.45) is 2.68. The number of hydrogen-bond donors (Lipinski definition) is 0. The van der Waals surface area contributed by atoms with Crippen LogP contribution in [0.25, 0.3) is 0 Å². The van der Waals surface area contributed by atoms with Crippen molar-refractivity contribution in [2.45, 2.75) is 38.5 Å². The lowest BCUT2D eigenvalue weighted by atomic mass is 10.1. The van der Waals surface area contributed by atoms with Gasteiger partial charge >= 0.3 is 0 Å². The normalized spacial score (nSPS) is 16.9. The lowest BCUT2D eigenvalue weighted by molar-refractivity contribution is 0.805. The average molecular weight is 161 g/mol. The summed E-state index contributed by atoms with van der Waals surface area (Å²) in [7, 11) is 0. The first-order valence-corrected chi connectivity index (χ1v) is 4.74. The molecule has 1 heteroatoms. The van der Waals surface area contributed by atoms with Crippen molar-refractivity contribution in [3.8, 4) is 0 Å². The summed E-state index contributed by atoms with van der Waals surface area (Å²) in [5.74, 6) is 1.34. The molecule has 0 N–H and O–H groups in total. The van der Waals surface area contributed by atoms with Crippen molar-refractivity contribution in [3.63, 3.8) is 0 Å². The monoisotopic (exact) mass is 161 g/mol. The maximum Gasteiger partial charge on any atom is 0.0437 e. The van der Waals surface area contributed by atoms with E-state index >= 15 is 0 Å². The fraction of sp³-hybridized carbons (Fsp3) is 0.545. The van der Waals surface area contributed by atoms with E-state index in [-0.39, 0.29) is 0 Å². The van der Waals surface area contributed by atoms with Crippen LogP contribution in [0.5, 0.6) is 0 Å². The first kappa shape index (κ1) is 7.78. The Morgan fingerprint density at radius 3 is 2.67 bits per heavy atom. The standard InChI is InChI=1S/C11H15N/c1-8(2)10-4-3-5-11(12-10)9-6-7-9/h3-5,8-9H,6-7H2,1-2H3. The Morgan fingerprint density at radius 2 is 2.08 bits per heavy atom. The van der Waals surface area contributed by atoms with Crippen LogP contribution in [0.15, 0.2) is 18.2 Å². The minimum absolute atomic E-state index is 0.559. The first-order valence-electron chi connectivity index (χ1n) is 4.74. The van der Waals surface area contributed by atoms with Gasteiger partial charge < -0.3 is 0 Å². The summed E-state index contributed by atoms with van der Waals surface area (Å²) in [5.41, 5.74) is 2.54. The van der Waals surface area contributed by atoms with Crippen molar-refractivity contribution in [1.29, 1.82) is 0 Å². The van der Waals surface area contributed by atoms with Crippen LogP contribution in [-0.2, 0) is 0 Å². The van der Waals surface area contributed by atoms with Gasteiger partial charge in [-0.1, -0.05) is 19.9 Å². The zero-order chi connectivity index (χ0) is 8.55. The van der Waals surface area contributed by atoms with Gasteiger partial charge in [0.05, 0.1) is 0 Å². The number of pyridine rings is 1. The minimum atomic E-state index is 0.559. The fourth-order valence-corrected chi connectivity index (χ4v) is 1.40. The topological polar surface area (TPSA) is 12.9 Å². The first-order chi connectivity index (χ1) is 5.77. The predicted octanol–water partition coefficient (Wildman–Crippen LogP) is 3.08. The van der Waals surface area contributed by atoms with Crippen molar-refractivity contribution in [3.05, 3.63) is 29.6 Å². The average Bonchev–Trinajstić information content (AvgIpc) is 2.87. The van der Waals surface area contributed by atoms with Gasteiger partial charge in [0.25, 0.3) is 0 Å². The highest BCUT2D eigenvalue weighted by atomic mass is 14.7. The third kappa shape index (κ3) is 1.50. The molecule has 0 atom stereocenters. The molecule has 0 spiro atoms. The predicted molar refractivity (Wildman–Crippen MR) is 50.3 cm³/mol. The van der Waals surface area contributed by atoms with Gasteiger partial charge in [0.2, 0.25) is 0 Å². The van der Waals surface area contributed by atoms with Gasteiger partial charge in [-0.05, 0) is 30.9 Å². The van der Waals surface area contributed by atoms with E-state index in [1.165, 1.54) is 24.2 Å². The number of rotatable bonds is 2. The molecule has 0 bridgehead atoms. The third-order valence-corrected chi connectivity index (χ3v) is 2.38. The molecule has 1 aromatic heterocycles. The molecule has 1 nitrogen and oxygen atoms in total. The minimum Gasteiger partial charge on any atom is -0.257 e. The van der Waals surface area contributed by atoms with Crippen molar-refractivity contribution < 1.29 is 0 Å². The highest BCUT2D eigenvalue weighted by Gasteiger charge is 2.24. The smallest absolute Gasteiger partial charge is 0.0437 e. The molecular weight excluding hydrogens is 146 g/mol. The molecule has 1 aliphatic rings. The van der Waals surface area contributed by atoms with E-state index < -0.39 is 0 Å². The van der Waals surface area contributed by atoms with Gasteiger partial charge in [-0.3, -0.25) is 4.98 Å². The van der Waals surface area contributed by atoms with Crippen LogP contribution in [0.3, 0.4) is 0 Å². The van der Waals surface area contributed by atoms with Gasteiger partial charge in [-0.2, -0.15) is 0 Å². The highest BCUT2D eigenvalue weighted by molar-refractivity contribution is 5.19. The lowest BCUT2D eigenvalue weighted by Gasteiger charge is -2.05. The second-order valence-corrected chi connectivity index (χ2v) is 3.92. The molecule has 1 aliphatic carbocycles. The van der Waals surface area contributed by atoms with Crippen molar-refractivity contribution in [1.82, 2.24) is 4.98 Å². The molecule has 0 saturated heterocycles. The lowest BCUT2D eigenvalue weighted by Crippen LogP contribution is -1.95. The van der Waals surface area contributed by atoms with E-state index in [0.717, 1.165) is 5.92 Å². The molecule has 0 unspecified atom stereocenters. The Morgan fingerprint density at radius 1 is 1.33 bits per heavy atom. The summed E-state index contributed by atoms with van der Waals surface area (Å²) >= 11 is 0. The van der Waals surface area contributed by atoms with E-state index in [4.69, 9.17) is 0 Å². The summed E-state index contributed by atoms with van der Waals surface area (Å²) in [5, 5.41) is 0. The molecule has 1 fully saturated rings. The zero-order valence-corrected chi connectivity index (χ0v) is 7.75. The molecule has 1 saturated carbocycles. The van der Waals surface area contributed by atoms with Gasteiger partial charge in [0.1, 0.15) is 0 Å². The quantitative estimate of drug-likeness (QED) is 0.649. The van der Waals surface area contributed by atoms with Crippen molar-refractivity contribution >= 4 is 0 Å². The Hall–Kier alpha value is -0.850. The second kappa shape index (κ2) is 2.89. The number of hydrogen-bond acceptors (Lipinski definition) is 1. The summed E-state index contributed by atoms with van der Waals surface area (Å²) in [4.78, 5) is 4.63. The van der Waals surface area contributed by atoms with E-state index in [1.54, 1.807) is 0 Å². The van der Waals surface area contributed by atoms with Crippen LogP contribution in [0.1, 0.15) is 49.9 Å². The molecule has 0 aromatic carbocycles. The van der Waals surface area contributed by atoms with Gasteiger partial charge in [-0.15, -0.1) is 0 Å². The van der Waals surface area contributed by atoms with Crippen LogP contribution >= 0.6 is 0 Å². The Kier molecular flexibility index (Phi) is 1.87. The molecule has 12 heavy (non-hydrogen) atoms. The largest absolute Gasteiger partial charge is 0.257 e. The molecule has 0 aliphatic heterocycles. The van der Waals surface area contributed by atoms with E-state index in [2.05, 4.69) is 37.0 Å². The molecule has 2 rings (SSSR count). The second-order valence-electron chi connectivity index (χ2n) is 3.92.